The van der Waals surface area contributed by atoms with Crippen LogP contribution in [-0.4, -0.2) is 47.5 Å². The van der Waals surface area contributed by atoms with Gasteiger partial charge in [0, 0.05) is 25.3 Å². The first-order valence-corrected chi connectivity index (χ1v) is 8.95. The van der Waals surface area contributed by atoms with Crippen LogP contribution in [-0.2, 0) is 4.79 Å². The Morgan fingerprint density at radius 2 is 2.04 bits per heavy atom. The number of anilines is 1. The van der Waals surface area contributed by atoms with Gasteiger partial charge in [0.15, 0.2) is 0 Å². The molecule has 0 aromatic heterocycles. The molecule has 3 N–H and O–H groups in total. The van der Waals surface area contributed by atoms with Crippen molar-refractivity contribution >= 4 is 23.6 Å². The Bertz CT molecular complexity index is 687. The first-order chi connectivity index (χ1) is 12.3. The summed E-state index contributed by atoms with van der Waals surface area (Å²) in [5, 5.41) is 14.8. The standard InChI is InChI=1S/C19H27N3O4/c1-12(2)10-20-19(26)22-8-4-5-15(11-22)17(23)21-16-9-14(18(24)25)7-6-13(16)3/h6-7,9,12,15H,4-5,8,10-11H2,1-3H3,(H,20,26)(H,21,23)(H,24,25). The molecule has 1 aliphatic rings. The molecule has 0 spiro atoms. The van der Waals surface area contributed by atoms with E-state index in [1.807, 2.05) is 20.8 Å². The lowest BCUT2D eigenvalue weighted by Crippen LogP contribution is -2.48. The first-order valence-electron chi connectivity index (χ1n) is 8.95. The number of amides is 3. The predicted molar refractivity (Wildman–Crippen MR) is 99.3 cm³/mol. The van der Waals surface area contributed by atoms with Crippen LogP contribution in [0.4, 0.5) is 10.5 Å². The van der Waals surface area contributed by atoms with Crippen molar-refractivity contribution in [2.45, 2.75) is 33.6 Å². The molecule has 1 aromatic carbocycles. The monoisotopic (exact) mass is 361 g/mol. The molecule has 1 aliphatic heterocycles. The maximum atomic E-state index is 12.6. The summed E-state index contributed by atoms with van der Waals surface area (Å²) in [5.74, 6) is -1.16. The zero-order chi connectivity index (χ0) is 19.3. The van der Waals surface area contributed by atoms with E-state index >= 15 is 0 Å². The van der Waals surface area contributed by atoms with E-state index in [0.717, 1.165) is 12.0 Å². The number of benzene rings is 1. The van der Waals surface area contributed by atoms with E-state index in [4.69, 9.17) is 5.11 Å². The van der Waals surface area contributed by atoms with Crippen molar-refractivity contribution < 1.29 is 19.5 Å². The van der Waals surface area contributed by atoms with Gasteiger partial charge in [0.1, 0.15) is 0 Å². The molecule has 1 unspecified atom stereocenters. The fraction of sp³-hybridized carbons (Fsp3) is 0.526. The number of hydrogen-bond acceptors (Lipinski definition) is 3. The Morgan fingerprint density at radius 3 is 2.69 bits per heavy atom. The van der Waals surface area contributed by atoms with E-state index in [0.29, 0.717) is 37.7 Å². The van der Waals surface area contributed by atoms with Crippen molar-refractivity contribution in [3.63, 3.8) is 0 Å². The number of piperidine rings is 1. The van der Waals surface area contributed by atoms with Gasteiger partial charge in [-0.25, -0.2) is 9.59 Å². The summed E-state index contributed by atoms with van der Waals surface area (Å²) in [6.45, 7) is 7.48. The van der Waals surface area contributed by atoms with Gasteiger partial charge in [0.2, 0.25) is 5.91 Å². The van der Waals surface area contributed by atoms with Gasteiger partial charge in [-0.3, -0.25) is 4.79 Å². The van der Waals surface area contributed by atoms with Gasteiger partial charge in [0.25, 0.3) is 0 Å². The molecule has 0 aliphatic carbocycles. The number of nitrogens with one attached hydrogen (secondary N) is 2. The van der Waals surface area contributed by atoms with Gasteiger partial charge >= 0.3 is 12.0 Å². The summed E-state index contributed by atoms with van der Waals surface area (Å²) < 4.78 is 0. The second kappa shape index (κ2) is 8.69. The van der Waals surface area contributed by atoms with Crippen molar-refractivity contribution in [1.82, 2.24) is 10.2 Å². The first kappa shape index (κ1) is 19.8. The summed E-state index contributed by atoms with van der Waals surface area (Å²) in [6.07, 6.45) is 1.47. The minimum absolute atomic E-state index is 0.129. The van der Waals surface area contributed by atoms with Crippen molar-refractivity contribution in [1.29, 1.82) is 0 Å². The smallest absolute Gasteiger partial charge is 0.335 e. The normalized spacial score (nSPS) is 17.1. The van der Waals surface area contributed by atoms with Crippen LogP contribution in [0, 0.1) is 18.8 Å². The van der Waals surface area contributed by atoms with Gasteiger partial charge in [-0.1, -0.05) is 19.9 Å². The van der Waals surface area contributed by atoms with E-state index in [1.165, 1.54) is 12.1 Å². The average molecular weight is 361 g/mol. The Morgan fingerprint density at radius 1 is 1.31 bits per heavy atom. The Labute approximate surface area is 153 Å². The van der Waals surface area contributed by atoms with Crippen LogP contribution >= 0.6 is 0 Å². The fourth-order valence-electron chi connectivity index (χ4n) is 2.90. The lowest BCUT2D eigenvalue weighted by molar-refractivity contribution is -0.121. The molecule has 1 saturated heterocycles. The van der Waals surface area contributed by atoms with Gasteiger partial charge in [-0.05, 0) is 43.4 Å². The highest BCUT2D eigenvalue weighted by molar-refractivity contribution is 5.96. The fourth-order valence-corrected chi connectivity index (χ4v) is 2.90. The second-order valence-corrected chi connectivity index (χ2v) is 7.19. The van der Waals surface area contributed by atoms with Crippen LogP contribution in [0.15, 0.2) is 18.2 Å². The number of carbonyl (C=O) groups excluding carboxylic acids is 2. The Balaban J connectivity index is 2.00. The molecule has 1 aromatic rings. The lowest BCUT2D eigenvalue weighted by Gasteiger charge is -2.32. The molecule has 0 bridgehead atoms. The van der Waals surface area contributed by atoms with E-state index in [2.05, 4.69) is 10.6 Å². The molecule has 0 saturated carbocycles. The minimum Gasteiger partial charge on any atom is -0.478 e. The third kappa shape index (κ3) is 5.21. The van der Waals surface area contributed by atoms with Gasteiger partial charge in [-0.2, -0.15) is 0 Å². The van der Waals surface area contributed by atoms with E-state index in [-0.39, 0.29) is 23.4 Å². The van der Waals surface area contributed by atoms with Gasteiger partial charge in [-0.15, -0.1) is 0 Å². The summed E-state index contributed by atoms with van der Waals surface area (Å²) in [5.41, 5.74) is 1.42. The number of carboxylic acids is 1. The predicted octanol–water partition coefficient (Wildman–Crippen LogP) is 2.71. The van der Waals surface area contributed by atoms with Crippen molar-refractivity contribution in [2.24, 2.45) is 11.8 Å². The highest BCUT2D eigenvalue weighted by Crippen LogP contribution is 2.22. The topological polar surface area (TPSA) is 98.7 Å². The van der Waals surface area contributed by atoms with Crippen LogP contribution in [0.25, 0.3) is 0 Å². The molecule has 1 heterocycles. The van der Waals surface area contributed by atoms with Crippen molar-refractivity contribution in [3.05, 3.63) is 29.3 Å². The van der Waals surface area contributed by atoms with Crippen molar-refractivity contribution in [2.75, 3.05) is 25.0 Å². The van der Waals surface area contributed by atoms with E-state index < -0.39 is 5.97 Å². The average Bonchev–Trinajstić information content (AvgIpc) is 2.61. The second-order valence-electron chi connectivity index (χ2n) is 7.19. The summed E-state index contributed by atoms with van der Waals surface area (Å²) in [7, 11) is 0. The van der Waals surface area contributed by atoms with Crippen LogP contribution < -0.4 is 10.6 Å². The van der Waals surface area contributed by atoms with Crippen LogP contribution in [0.1, 0.15) is 42.6 Å². The number of aryl methyl sites for hydroxylation is 1. The maximum absolute atomic E-state index is 12.6. The van der Waals surface area contributed by atoms with Gasteiger partial charge < -0.3 is 20.6 Å². The quantitative estimate of drug-likeness (QED) is 0.751. The van der Waals surface area contributed by atoms with E-state index in [9.17, 15) is 14.4 Å². The molecule has 7 nitrogen and oxygen atoms in total. The van der Waals surface area contributed by atoms with Crippen molar-refractivity contribution in [3.8, 4) is 0 Å². The zero-order valence-corrected chi connectivity index (χ0v) is 15.5. The highest BCUT2D eigenvalue weighted by Gasteiger charge is 2.28. The minimum atomic E-state index is -1.04. The number of nitrogens with zero attached hydrogens (tertiary/aromatic N) is 1. The molecule has 142 valence electrons. The molecule has 1 atom stereocenters. The third-order valence-corrected chi connectivity index (χ3v) is 4.48. The van der Waals surface area contributed by atoms with Crippen LogP contribution in [0.5, 0.6) is 0 Å². The van der Waals surface area contributed by atoms with E-state index in [1.54, 1.807) is 11.0 Å². The molecule has 2 rings (SSSR count). The molecular weight excluding hydrogens is 334 g/mol. The lowest BCUT2D eigenvalue weighted by atomic mass is 9.97. The Kier molecular flexibility index (Phi) is 6.60. The number of hydrogen-bond donors (Lipinski definition) is 3. The third-order valence-electron chi connectivity index (χ3n) is 4.48. The number of rotatable bonds is 5. The van der Waals surface area contributed by atoms with Gasteiger partial charge in [0.05, 0.1) is 11.5 Å². The summed E-state index contributed by atoms with van der Waals surface area (Å²) in [6, 6.07) is 4.51. The molecule has 26 heavy (non-hydrogen) atoms. The highest BCUT2D eigenvalue weighted by atomic mass is 16.4. The zero-order valence-electron chi connectivity index (χ0n) is 15.5. The number of aromatic carboxylic acids is 1. The van der Waals surface area contributed by atoms with Crippen LogP contribution in [0.3, 0.4) is 0 Å². The number of carbonyl (C=O) groups is 3. The molecule has 7 heteroatoms. The SMILES string of the molecule is Cc1ccc(C(=O)O)cc1NC(=O)C1CCCN(C(=O)NCC(C)C)C1. The molecular formula is C19H27N3O4. The maximum Gasteiger partial charge on any atom is 0.335 e. The summed E-state index contributed by atoms with van der Waals surface area (Å²) >= 11 is 0. The molecule has 0 radical (unpaired) electrons. The number of carboxylic acid groups (broad SMARTS) is 1. The Hall–Kier alpha value is -2.57. The summed E-state index contributed by atoms with van der Waals surface area (Å²) in [4.78, 5) is 37.6. The molecule has 3 amide bonds. The van der Waals surface area contributed by atoms with Crippen LogP contribution in [0.2, 0.25) is 0 Å². The molecule has 1 fully saturated rings. The number of likely N-dealkylation sites (tertiary alicyclic amines) is 1. The number of urea groups is 1. The largest absolute Gasteiger partial charge is 0.478 e.